The van der Waals surface area contributed by atoms with E-state index in [1.165, 1.54) is 0 Å². The highest BCUT2D eigenvalue weighted by atomic mass is 16.5. The predicted molar refractivity (Wildman–Crippen MR) is 93.0 cm³/mol. The van der Waals surface area contributed by atoms with Gasteiger partial charge in [-0.2, -0.15) is 0 Å². The lowest BCUT2D eigenvalue weighted by atomic mass is 10.1. The second-order valence-corrected chi connectivity index (χ2v) is 5.90. The van der Waals surface area contributed by atoms with Crippen molar-refractivity contribution in [2.75, 3.05) is 29.0 Å². The number of anilines is 3. The van der Waals surface area contributed by atoms with Crippen LogP contribution in [0.25, 0.3) is 0 Å². The van der Waals surface area contributed by atoms with Crippen molar-refractivity contribution >= 4 is 23.0 Å². The number of carbonyl (C=O) groups excluding carboxylic acids is 1. The Hall–Kier alpha value is -2.69. The quantitative estimate of drug-likeness (QED) is 0.855. The molecule has 1 amide bonds. The number of hydrogen-bond donors (Lipinski definition) is 2. The topological polar surface area (TPSA) is 67.6 Å². The number of hydrogen-bond acceptors (Lipinski definition) is 4. The Kier molecular flexibility index (Phi) is 4.10. The maximum absolute atomic E-state index is 12.4. The first-order chi connectivity index (χ1) is 11.0. The van der Waals surface area contributed by atoms with Crippen molar-refractivity contribution in [1.29, 1.82) is 0 Å². The molecule has 1 unspecified atom stereocenters. The zero-order valence-corrected chi connectivity index (χ0v) is 13.4. The number of fused-ring (bicyclic) bond motifs is 1. The molecule has 3 rings (SSSR count). The Morgan fingerprint density at radius 1 is 1.35 bits per heavy atom. The minimum Gasteiger partial charge on any atom is -0.487 e. The van der Waals surface area contributed by atoms with Crippen LogP contribution in [0.2, 0.25) is 0 Å². The van der Waals surface area contributed by atoms with Gasteiger partial charge in [-0.25, -0.2) is 0 Å². The number of amides is 1. The summed E-state index contributed by atoms with van der Waals surface area (Å²) in [5.41, 5.74) is 9.26. The molecule has 5 heteroatoms. The Morgan fingerprint density at radius 2 is 2.13 bits per heavy atom. The van der Waals surface area contributed by atoms with Gasteiger partial charge in [-0.1, -0.05) is 18.2 Å². The number of para-hydroxylation sites is 1. The lowest BCUT2D eigenvalue weighted by Gasteiger charge is -2.34. The van der Waals surface area contributed by atoms with Gasteiger partial charge >= 0.3 is 0 Å². The third kappa shape index (κ3) is 3.39. The van der Waals surface area contributed by atoms with Gasteiger partial charge in [-0.05, 0) is 37.6 Å². The fourth-order valence-electron chi connectivity index (χ4n) is 2.78. The number of aryl methyl sites for hydroxylation is 1. The number of carbonyl (C=O) groups is 1. The highest BCUT2D eigenvalue weighted by Crippen LogP contribution is 2.34. The van der Waals surface area contributed by atoms with Crippen LogP contribution in [0.3, 0.4) is 0 Å². The summed E-state index contributed by atoms with van der Waals surface area (Å²) in [5.74, 6) is 0.684. The zero-order chi connectivity index (χ0) is 16.4. The molecule has 2 aromatic carbocycles. The summed E-state index contributed by atoms with van der Waals surface area (Å²) in [6, 6.07) is 13.3. The fraction of sp³-hybridized carbons (Fsp3) is 0.278. The summed E-state index contributed by atoms with van der Waals surface area (Å²) in [7, 11) is 0. The SMILES string of the molecule is Cc1ccccc1NC(=O)CN1CC(C)Oc2cc(N)ccc21. The van der Waals surface area contributed by atoms with E-state index in [1.54, 1.807) is 6.07 Å². The molecule has 120 valence electrons. The number of ether oxygens (including phenoxy) is 1. The van der Waals surface area contributed by atoms with Crippen LogP contribution < -0.4 is 20.7 Å². The van der Waals surface area contributed by atoms with Gasteiger partial charge in [0.1, 0.15) is 11.9 Å². The van der Waals surface area contributed by atoms with Gasteiger partial charge in [0, 0.05) is 17.4 Å². The maximum Gasteiger partial charge on any atom is 0.243 e. The van der Waals surface area contributed by atoms with Crippen LogP contribution in [0.15, 0.2) is 42.5 Å². The van der Waals surface area contributed by atoms with E-state index in [9.17, 15) is 4.79 Å². The van der Waals surface area contributed by atoms with Crippen molar-refractivity contribution < 1.29 is 9.53 Å². The summed E-state index contributed by atoms with van der Waals surface area (Å²) in [5, 5.41) is 2.97. The number of nitrogens with two attached hydrogens (primary N) is 1. The van der Waals surface area contributed by atoms with Crippen molar-refractivity contribution in [2.24, 2.45) is 0 Å². The molecule has 1 atom stereocenters. The number of nitrogens with one attached hydrogen (secondary N) is 1. The third-order valence-corrected chi connectivity index (χ3v) is 3.88. The summed E-state index contributed by atoms with van der Waals surface area (Å²) < 4.78 is 5.81. The molecule has 0 radical (unpaired) electrons. The van der Waals surface area contributed by atoms with Gasteiger partial charge in [0.15, 0.2) is 0 Å². The van der Waals surface area contributed by atoms with Gasteiger partial charge < -0.3 is 20.7 Å². The Balaban J connectivity index is 1.75. The Labute approximate surface area is 136 Å². The van der Waals surface area contributed by atoms with Gasteiger partial charge in [0.2, 0.25) is 5.91 Å². The first-order valence-electron chi connectivity index (χ1n) is 7.69. The first-order valence-corrected chi connectivity index (χ1v) is 7.69. The molecular weight excluding hydrogens is 290 g/mol. The zero-order valence-electron chi connectivity index (χ0n) is 13.4. The van der Waals surface area contributed by atoms with E-state index in [0.29, 0.717) is 12.2 Å². The molecule has 0 aliphatic carbocycles. The Bertz CT molecular complexity index is 730. The van der Waals surface area contributed by atoms with Gasteiger partial charge in [-0.15, -0.1) is 0 Å². The van der Waals surface area contributed by atoms with E-state index in [-0.39, 0.29) is 18.6 Å². The molecule has 0 saturated heterocycles. The molecule has 1 aliphatic rings. The molecule has 0 spiro atoms. The molecule has 1 aliphatic heterocycles. The van der Waals surface area contributed by atoms with E-state index in [1.807, 2.05) is 55.1 Å². The van der Waals surface area contributed by atoms with Gasteiger partial charge in [0.05, 0.1) is 18.8 Å². The van der Waals surface area contributed by atoms with E-state index < -0.39 is 0 Å². The highest BCUT2D eigenvalue weighted by Gasteiger charge is 2.24. The van der Waals surface area contributed by atoms with Crippen LogP contribution in [-0.2, 0) is 4.79 Å². The van der Waals surface area contributed by atoms with Crippen LogP contribution >= 0.6 is 0 Å². The smallest absolute Gasteiger partial charge is 0.243 e. The maximum atomic E-state index is 12.4. The van der Waals surface area contributed by atoms with Gasteiger partial charge in [-0.3, -0.25) is 4.79 Å². The molecule has 3 N–H and O–H groups in total. The van der Waals surface area contributed by atoms with Crippen LogP contribution in [0, 0.1) is 6.92 Å². The van der Waals surface area contributed by atoms with Crippen molar-refractivity contribution in [2.45, 2.75) is 20.0 Å². The average molecular weight is 311 g/mol. The van der Waals surface area contributed by atoms with Crippen molar-refractivity contribution in [3.05, 3.63) is 48.0 Å². The van der Waals surface area contributed by atoms with Crippen molar-refractivity contribution in [1.82, 2.24) is 0 Å². The molecule has 0 aromatic heterocycles. The number of nitrogen functional groups attached to an aromatic ring is 1. The number of benzene rings is 2. The van der Waals surface area contributed by atoms with Crippen LogP contribution in [0.5, 0.6) is 5.75 Å². The fourth-order valence-corrected chi connectivity index (χ4v) is 2.78. The summed E-state index contributed by atoms with van der Waals surface area (Å²) in [6.07, 6.45) is 0.00978. The molecule has 0 bridgehead atoms. The Morgan fingerprint density at radius 3 is 2.91 bits per heavy atom. The molecule has 0 fully saturated rings. The predicted octanol–water partition coefficient (Wildman–Crippen LogP) is 2.80. The second-order valence-electron chi connectivity index (χ2n) is 5.90. The molecule has 5 nitrogen and oxygen atoms in total. The van der Waals surface area contributed by atoms with Crippen molar-refractivity contribution in [3.8, 4) is 5.75 Å². The van der Waals surface area contributed by atoms with Crippen LogP contribution in [0.1, 0.15) is 12.5 Å². The van der Waals surface area contributed by atoms with Crippen molar-refractivity contribution in [3.63, 3.8) is 0 Å². The van der Waals surface area contributed by atoms with E-state index in [4.69, 9.17) is 10.5 Å². The largest absolute Gasteiger partial charge is 0.487 e. The molecule has 1 heterocycles. The molecular formula is C18H21N3O2. The highest BCUT2D eigenvalue weighted by molar-refractivity contribution is 5.95. The number of rotatable bonds is 3. The normalized spacial score (nSPS) is 16.4. The third-order valence-electron chi connectivity index (χ3n) is 3.88. The van der Waals surface area contributed by atoms with E-state index in [0.717, 1.165) is 22.7 Å². The summed E-state index contributed by atoms with van der Waals surface area (Å²) in [6.45, 7) is 4.90. The first kappa shape index (κ1) is 15.2. The minimum absolute atomic E-state index is 0.00978. The lowest BCUT2D eigenvalue weighted by molar-refractivity contribution is -0.115. The van der Waals surface area contributed by atoms with Crippen LogP contribution in [-0.4, -0.2) is 25.1 Å². The lowest BCUT2D eigenvalue weighted by Crippen LogP contribution is -2.42. The monoisotopic (exact) mass is 311 g/mol. The molecule has 0 saturated carbocycles. The standard InChI is InChI=1S/C18H21N3O2/c1-12-5-3-4-6-15(12)20-18(22)11-21-10-13(2)23-17-9-14(19)7-8-16(17)21/h3-9,13H,10-11,19H2,1-2H3,(H,20,22). The van der Waals surface area contributed by atoms with E-state index >= 15 is 0 Å². The minimum atomic E-state index is -0.0452. The molecule has 23 heavy (non-hydrogen) atoms. The van der Waals surface area contributed by atoms with Crippen LogP contribution in [0.4, 0.5) is 17.1 Å². The second kappa shape index (κ2) is 6.20. The summed E-state index contributed by atoms with van der Waals surface area (Å²) >= 11 is 0. The van der Waals surface area contributed by atoms with Gasteiger partial charge in [0.25, 0.3) is 0 Å². The average Bonchev–Trinajstić information content (AvgIpc) is 2.49. The number of nitrogens with zero attached hydrogens (tertiary/aromatic N) is 1. The van der Waals surface area contributed by atoms with E-state index in [2.05, 4.69) is 5.32 Å². The summed E-state index contributed by atoms with van der Waals surface area (Å²) in [4.78, 5) is 14.4. The molecule has 2 aromatic rings.